The summed E-state index contributed by atoms with van der Waals surface area (Å²) in [5.74, 6) is 0.543. The Labute approximate surface area is 123 Å². The molecule has 100 valence electrons. The van der Waals surface area contributed by atoms with Gasteiger partial charge in [0.1, 0.15) is 6.10 Å². The minimum atomic E-state index is 0.190. The first-order chi connectivity index (χ1) is 8.60. The van der Waals surface area contributed by atoms with E-state index in [1.54, 1.807) is 12.1 Å². The average Bonchev–Trinajstić information content (AvgIpc) is 2.24. The van der Waals surface area contributed by atoms with E-state index < -0.39 is 0 Å². The molecule has 0 atom stereocenters. The number of ether oxygens (including phenoxy) is 1. The maximum absolute atomic E-state index is 6.07. The molecule has 18 heavy (non-hydrogen) atoms. The van der Waals surface area contributed by atoms with Gasteiger partial charge < -0.3 is 10.1 Å². The number of rotatable bonds is 5. The topological polar surface area (TPSA) is 21.3 Å². The fourth-order valence-electron chi connectivity index (χ4n) is 1.99. The van der Waals surface area contributed by atoms with Crippen LogP contribution >= 0.6 is 34.8 Å². The quantitative estimate of drug-likeness (QED) is 0.861. The zero-order valence-corrected chi connectivity index (χ0v) is 12.4. The lowest BCUT2D eigenvalue weighted by atomic mass is 9.89. The van der Waals surface area contributed by atoms with Gasteiger partial charge in [-0.3, -0.25) is 0 Å². The van der Waals surface area contributed by atoms with Crippen LogP contribution in [0.25, 0.3) is 0 Å². The summed E-state index contributed by atoms with van der Waals surface area (Å²) in [6.45, 7) is 3.22. The lowest BCUT2D eigenvalue weighted by Gasteiger charge is -2.36. The SMILES string of the molecule is CCCNC1CC(Oc2c(Cl)cc(Cl)cc2Cl)C1. The molecule has 1 fully saturated rings. The van der Waals surface area contributed by atoms with Crippen molar-refractivity contribution in [2.75, 3.05) is 6.54 Å². The minimum Gasteiger partial charge on any atom is -0.487 e. The van der Waals surface area contributed by atoms with Crippen LogP contribution in [0.5, 0.6) is 5.75 Å². The summed E-state index contributed by atoms with van der Waals surface area (Å²) in [4.78, 5) is 0. The summed E-state index contributed by atoms with van der Waals surface area (Å²) < 4.78 is 5.81. The van der Waals surface area contributed by atoms with Gasteiger partial charge in [0.25, 0.3) is 0 Å². The fourth-order valence-corrected chi connectivity index (χ4v) is 2.89. The van der Waals surface area contributed by atoms with Gasteiger partial charge >= 0.3 is 0 Å². The van der Waals surface area contributed by atoms with Crippen LogP contribution in [0.3, 0.4) is 0 Å². The van der Waals surface area contributed by atoms with Crippen molar-refractivity contribution in [2.24, 2.45) is 0 Å². The molecule has 1 aliphatic carbocycles. The molecular formula is C13H16Cl3NO. The predicted molar refractivity (Wildman–Crippen MR) is 77.2 cm³/mol. The van der Waals surface area contributed by atoms with E-state index in [0.717, 1.165) is 25.8 Å². The molecule has 1 aromatic carbocycles. The molecular weight excluding hydrogens is 293 g/mol. The van der Waals surface area contributed by atoms with E-state index >= 15 is 0 Å². The summed E-state index contributed by atoms with van der Waals surface area (Å²) in [7, 11) is 0. The van der Waals surface area contributed by atoms with Crippen molar-refractivity contribution < 1.29 is 4.74 Å². The Morgan fingerprint density at radius 2 is 1.83 bits per heavy atom. The van der Waals surface area contributed by atoms with Crippen molar-refractivity contribution in [3.63, 3.8) is 0 Å². The van der Waals surface area contributed by atoms with Gasteiger partial charge in [0.2, 0.25) is 0 Å². The van der Waals surface area contributed by atoms with Crippen molar-refractivity contribution in [1.82, 2.24) is 5.32 Å². The normalized spacial score (nSPS) is 22.7. The highest BCUT2D eigenvalue weighted by molar-refractivity contribution is 6.40. The molecule has 1 aromatic rings. The van der Waals surface area contributed by atoms with E-state index in [2.05, 4.69) is 12.2 Å². The highest BCUT2D eigenvalue weighted by Gasteiger charge is 2.31. The van der Waals surface area contributed by atoms with Crippen LogP contribution in [0, 0.1) is 0 Å². The molecule has 0 amide bonds. The van der Waals surface area contributed by atoms with E-state index in [1.165, 1.54) is 0 Å². The van der Waals surface area contributed by atoms with Crippen LogP contribution in [0.15, 0.2) is 12.1 Å². The largest absolute Gasteiger partial charge is 0.487 e. The van der Waals surface area contributed by atoms with Crippen molar-refractivity contribution in [3.05, 3.63) is 27.2 Å². The first-order valence-electron chi connectivity index (χ1n) is 6.14. The first kappa shape index (κ1) is 14.3. The molecule has 1 aliphatic rings. The van der Waals surface area contributed by atoms with E-state index in [9.17, 15) is 0 Å². The van der Waals surface area contributed by atoms with Crippen LogP contribution in [0.1, 0.15) is 26.2 Å². The Morgan fingerprint density at radius 1 is 1.22 bits per heavy atom. The highest BCUT2D eigenvalue weighted by atomic mass is 35.5. The van der Waals surface area contributed by atoms with Crippen LogP contribution in [-0.4, -0.2) is 18.7 Å². The molecule has 2 nitrogen and oxygen atoms in total. The second-order valence-corrected chi connectivity index (χ2v) is 5.81. The number of nitrogens with one attached hydrogen (secondary N) is 1. The molecule has 0 aliphatic heterocycles. The minimum absolute atomic E-state index is 0.190. The van der Waals surface area contributed by atoms with Gasteiger partial charge in [-0.25, -0.2) is 0 Å². The van der Waals surface area contributed by atoms with Gasteiger partial charge in [0.15, 0.2) is 5.75 Å². The second kappa shape index (κ2) is 6.33. The van der Waals surface area contributed by atoms with E-state index in [0.29, 0.717) is 26.9 Å². The van der Waals surface area contributed by atoms with Crippen LogP contribution in [-0.2, 0) is 0 Å². The van der Waals surface area contributed by atoms with Crippen molar-refractivity contribution >= 4 is 34.8 Å². The van der Waals surface area contributed by atoms with Crippen molar-refractivity contribution in [1.29, 1.82) is 0 Å². The number of hydrogen-bond acceptors (Lipinski definition) is 2. The Hall–Kier alpha value is -0.150. The summed E-state index contributed by atoms with van der Waals surface area (Å²) in [5.41, 5.74) is 0. The summed E-state index contributed by atoms with van der Waals surface area (Å²) in [6, 6.07) is 3.85. The molecule has 2 rings (SSSR count). The third kappa shape index (κ3) is 3.45. The van der Waals surface area contributed by atoms with Crippen LogP contribution < -0.4 is 10.1 Å². The van der Waals surface area contributed by atoms with Gasteiger partial charge in [-0.1, -0.05) is 41.7 Å². The fraction of sp³-hybridized carbons (Fsp3) is 0.538. The standard InChI is InChI=1S/C13H16Cl3NO/c1-2-3-17-9-6-10(7-9)18-13-11(15)4-8(14)5-12(13)16/h4-5,9-10,17H,2-3,6-7H2,1H3. The Morgan fingerprint density at radius 3 is 2.39 bits per heavy atom. The Balaban J connectivity index is 1.89. The lowest BCUT2D eigenvalue weighted by molar-refractivity contribution is 0.0854. The Kier molecular flexibility index (Phi) is 5.02. The molecule has 0 radical (unpaired) electrons. The summed E-state index contributed by atoms with van der Waals surface area (Å²) in [5, 5.41) is 4.92. The molecule has 0 spiro atoms. The number of halogens is 3. The third-order valence-electron chi connectivity index (χ3n) is 3.03. The third-order valence-corrected chi connectivity index (χ3v) is 3.81. The molecule has 1 N–H and O–H groups in total. The monoisotopic (exact) mass is 307 g/mol. The van der Waals surface area contributed by atoms with Gasteiger partial charge in [-0.2, -0.15) is 0 Å². The molecule has 5 heteroatoms. The van der Waals surface area contributed by atoms with Gasteiger partial charge in [-0.15, -0.1) is 0 Å². The van der Waals surface area contributed by atoms with Gasteiger partial charge in [-0.05, 0) is 37.9 Å². The molecule has 0 aromatic heterocycles. The van der Waals surface area contributed by atoms with Gasteiger partial charge in [0.05, 0.1) is 10.0 Å². The maximum Gasteiger partial charge on any atom is 0.156 e. The molecule has 0 bridgehead atoms. The van der Waals surface area contributed by atoms with Crippen LogP contribution in [0.4, 0.5) is 0 Å². The smallest absolute Gasteiger partial charge is 0.156 e. The van der Waals surface area contributed by atoms with E-state index in [1.807, 2.05) is 0 Å². The molecule has 0 heterocycles. The first-order valence-corrected chi connectivity index (χ1v) is 7.28. The maximum atomic E-state index is 6.07. The van der Waals surface area contributed by atoms with Crippen molar-refractivity contribution in [2.45, 2.75) is 38.3 Å². The van der Waals surface area contributed by atoms with Crippen LogP contribution in [0.2, 0.25) is 15.1 Å². The number of hydrogen-bond donors (Lipinski definition) is 1. The van der Waals surface area contributed by atoms with E-state index in [-0.39, 0.29) is 6.10 Å². The highest BCUT2D eigenvalue weighted by Crippen LogP contribution is 2.38. The zero-order chi connectivity index (χ0) is 13.1. The lowest BCUT2D eigenvalue weighted by Crippen LogP contribution is -2.47. The molecule has 0 saturated heterocycles. The average molecular weight is 309 g/mol. The number of benzene rings is 1. The zero-order valence-electron chi connectivity index (χ0n) is 10.2. The Bertz CT molecular complexity index is 396. The summed E-state index contributed by atoms with van der Waals surface area (Å²) >= 11 is 18.0. The summed E-state index contributed by atoms with van der Waals surface area (Å²) in [6.07, 6.45) is 3.33. The second-order valence-electron chi connectivity index (χ2n) is 4.56. The van der Waals surface area contributed by atoms with E-state index in [4.69, 9.17) is 39.5 Å². The molecule has 0 unspecified atom stereocenters. The molecule has 1 saturated carbocycles. The van der Waals surface area contributed by atoms with Crippen molar-refractivity contribution in [3.8, 4) is 5.75 Å². The predicted octanol–water partition coefficient (Wildman–Crippen LogP) is 4.56. The van der Waals surface area contributed by atoms with Gasteiger partial charge in [0, 0.05) is 11.1 Å².